The highest BCUT2D eigenvalue weighted by molar-refractivity contribution is 7.80. The number of aromatic nitrogens is 1. The molecule has 0 spiro atoms. The van der Waals surface area contributed by atoms with E-state index in [1.54, 1.807) is 27.2 Å². The number of amides is 1. The minimum atomic E-state index is -0.576. The monoisotopic (exact) mass is 352 g/mol. The molecule has 0 aliphatic carbocycles. The molecule has 3 rings (SSSR count). The Hall–Kier alpha value is -1.67. The molecule has 0 saturated carbocycles. The van der Waals surface area contributed by atoms with Crippen LogP contribution in [0.3, 0.4) is 0 Å². The van der Waals surface area contributed by atoms with Crippen molar-refractivity contribution < 1.29 is 4.79 Å². The Bertz CT molecular complexity index is 812. The molecule has 23 heavy (non-hydrogen) atoms. The zero-order chi connectivity index (χ0) is 16.9. The topological polar surface area (TPSA) is 71.2 Å². The van der Waals surface area contributed by atoms with E-state index in [9.17, 15) is 10.0 Å². The number of quaternary nitrogens is 1. The van der Waals surface area contributed by atoms with E-state index in [4.69, 9.17) is 23.8 Å². The molecule has 2 aromatic rings. The van der Waals surface area contributed by atoms with Crippen LogP contribution in [0, 0.1) is 5.21 Å². The van der Waals surface area contributed by atoms with Crippen LogP contribution in [0.15, 0.2) is 18.3 Å². The van der Waals surface area contributed by atoms with Crippen molar-refractivity contribution in [2.45, 2.75) is 12.5 Å². The molecule has 1 aliphatic heterocycles. The number of H-pyrrole nitrogens is 1. The fraction of sp³-hybridized carbons (Fsp3) is 0.333. The molecule has 8 heteroatoms. The molecule has 1 amide bonds. The molecule has 2 heterocycles. The number of hydrogen-bond donors (Lipinski definition) is 2. The first-order valence-corrected chi connectivity index (χ1v) is 7.90. The molecule has 1 atom stereocenters. The standard InChI is InChI=1S/C15H17ClN4O2S/c1-19-14(21)12(18-15(19)23)4-8-7-17-13-10(8)5-9(6-11(13)16)20(2,3)22/h5-7,12,17H,4H2,1-3H3,(H,18,23). The summed E-state index contributed by atoms with van der Waals surface area (Å²) in [6.07, 6.45) is 2.29. The minimum Gasteiger partial charge on any atom is -0.628 e. The summed E-state index contributed by atoms with van der Waals surface area (Å²) >= 11 is 11.4. The Kier molecular flexibility index (Phi) is 3.84. The molecular weight excluding hydrogens is 336 g/mol. The first-order valence-electron chi connectivity index (χ1n) is 7.11. The van der Waals surface area contributed by atoms with Gasteiger partial charge in [-0.3, -0.25) is 9.69 Å². The van der Waals surface area contributed by atoms with Crippen LogP contribution in [0.4, 0.5) is 5.69 Å². The number of carbonyl (C=O) groups excluding carboxylic acids is 1. The Labute approximate surface area is 144 Å². The number of nitrogens with zero attached hydrogens (tertiary/aromatic N) is 2. The van der Waals surface area contributed by atoms with Crippen molar-refractivity contribution in [1.29, 1.82) is 0 Å². The van der Waals surface area contributed by atoms with Crippen LogP contribution >= 0.6 is 23.8 Å². The zero-order valence-electron chi connectivity index (χ0n) is 13.0. The van der Waals surface area contributed by atoms with Crippen molar-refractivity contribution in [3.05, 3.63) is 34.1 Å². The van der Waals surface area contributed by atoms with E-state index < -0.39 is 10.7 Å². The zero-order valence-corrected chi connectivity index (χ0v) is 14.6. The quantitative estimate of drug-likeness (QED) is 0.504. The summed E-state index contributed by atoms with van der Waals surface area (Å²) in [5.74, 6) is -0.0634. The lowest BCUT2D eigenvalue weighted by Gasteiger charge is -2.33. The van der Waals surface area contributed by atoms with Crippen LogP contribution in [0.1, 0.15) is 5.56 Å². The van der Waals surface area contributed by atoms with Gasteiger partial charge in [-0.25, -0.2) is 0 Å². The molecule has 122 valence electrons. The van der Waals surface area contributed by atoms with Gasteiger partial charge in [0.2, 0.25) is 0 Å². The van der Waals surface area contributed by atoms with Gasteiger partial charge in [0.05, 0.1) is 24.6 Å². The maximum Gasteiger partial charge on any atom is 0.251 e. The van der Waals surface area contributed by atoms with Gasteiger partial charge in [-0.05, 0) is 17.8 Å². The highest BCUT2D eigenvalue weighted by Gasteiger charge is 2.33. The molecular formula is C15H17ClN4O2S. The highest BCUT2D eigenvalue weighted by Crippen LogP contribution is 2.33. The van der Waals surface area contributed by atoms with Crippen LogP contribution in [0.2, 0.25) is 5.02 Å². The maximum absolute atomic E-state index is 12.2. The van der Waals surface area contributed by atoms with Gasteiger partial charge in [0.25, 0.3) is 5.91 Å². The van der Waals surface area contributed by atoms with E-state index in [1.807, 2.05) is 12.3 Å². The molecule has 0 radical (unpaired) electrons. The van der Waals surface area contributed by atoms with Gasteiger partial charge < -0.3 is 20.2 Å². The average Bonchev–Trinajstić information content (AvgIpc) is 2.97. The van der Waals surface area contributed by atoms with E-state index in [0.717, 1.165) is 16.5 Å². The smallest absolute Gasteiger partial charge is 0.251 e. The highest BCUT2D eigenvalue weighted by atomic mass is 35.5. The average molecular weight is 353 g/mol. The molecule has 2 N–H and O–H groups in total. The number of likely N-dealkylation sites (N-methyl/N-ethyl adjacent to an activating group) is 1. The van der Waals surface area contributed by atoms with Gasteiger partial charge in [0, 0.05) is 37.2 Å². The van der Waals surface area contributed by atoms with E-state index in [-0.39, 0.29) is 5.91 Å². The molecule has 1 aromatic heterocycles. The molecule has 6 nitrogen and oxygen atoms in total. The number of hydroxylamine groups is 2. The SMILES string of the molecule is CN1C(=O)C(Cc2c[nH]c3c(Cl)cc([N+](C)(C)[O-])cc23)NC1=S. The van der Waals surface area contributed by atoms with Gasteiger partial charge in [-0.15, -0.1) is 0 Å². The number of benzene rings is 1. The number of aromatic amines is 1. The summed E-state index contributed by atoms with van der Waals surface area (Å²) < 4.78 is -0.576. The lowest BCUT2D eigenvalue weighted by atomic mass is 10.0. The van der Waals surface area contributed by atoms with Gasteiger partial charge in [-0.2, -0.15) is 0 Å². The Morgan fingerprint density at radius 1 is 1.43 bits per heavy atom. The summed E-state index contributed by atoms with van der Waals surface area (Å²) in [5.41, 5.74) is 2.24. The van der Waals surface area contributed by atoms with Crippen molar-refractivity contribution in [2.75, 3.05) is 21.1 Å². The van der Waals surface area contributed by atoms with E-state index in [2.05, 4.69) is 10.3 Å². The largest absolute Gasteiger partial charge is 0.628 e. The number of thiocarbonyl (C=S) groups is 1. The second kappa shape index (κ2) is 5.45. The van der Waals surface area contributed by atoms with E-state index >= 15 is 0 Å². The number of carbonyl (C=O) groups is 1. The minimum absolute atomic E-state index is 0.0634. The number of rotatable bonds is 3. The lowest BCUT2D eigenvalue weighted by Crippen LogP contribution is -2.32. The van der Waals surface area contributed by atoms with Crippen molar-refractivity contribution >= 4 is 51.4 Å². The van der Waals surface area contributed by atoms with Crippen LogP contribution < -0.4 is 9.96 Å². The van der Waals surface area contributed by atoms with Crippen LogP contribution in [-0.2, 0) is 11.2 Å². The lowest BCUT2D eigenvalue weighted by molar-refractivity contribution is -0.126. The summed E-state index contributed by atoms with van der Waals surface area (Å²) in [5, 5.41) is 17.0. The molecule has 1 saturated heterocycles. The summed E-state index contributed by atoms with van der Waals surface area (Å²) in [6, 6.07) is 3.09. The summed E-state index contributed by atoms with van der Waals surface area (Å²) in [7, 11) is 4.73. The number of halogens is 1. The van der Waals surface area contributed by atoms with Crippen molar-refractivity contribution in [3.63, 3.8) is 0 Å². The van der Waals surface area contributed by atoms with Crippen LogP contribution in [-0.4, -0.2) is 48.1 Å². The van der Waals surface area contributed by atoms with E-state index in [1.165, 1.54) is 4.90 Å². The Morgan fingerprint density at radius 2 is 2.13 bits per heavy atom. The summed E-state index contributed by atoms with van der Waals surface area (Å²) in [6.45, 7) is 0. The van der Waals surface area contributed by atoms with Gasteiger partial charge in [-0.1, -0.05) is 11.6 Å². The first-order chi connectivity index (χ1) is 10.7. The van der Waals surface area contributed by atoms with Gasteiger partial charge in [0.1, 0.15) is 11.7 Å². The Morgan fingerprint density at radius 3 is 2.70 bits per heavy atom. The molecule has 1 unspecified atom stereocenters. The predicted molar refractivity (Wildman–Crippen MR) is 96.3 cm³/mol. The van der Waals surface area contributed by atoms with Crippen LogP contribution in [0.5, 0.6) is 0 Å². The van der Waals surface area contributed by atoms with E-state index in [0.29, 0.717) is 22.2 Å². The first kappa shape index (κ1) is 16.2. The third kappa shape index (κ3) is 2.81. The van der Waals surface area contributed by atoms with Crippen molar-refractivity contribution in [1.82, 2.24) is 19.8 Å². The second-order valence-corrected chi connectivity index (χ2v) is 6.91. The molecule has 1 fully saturated rings. The second-order valence-electron chi connectivity index (χ2n) is 6.12. The van der Waals surface area contributed by atoms with Gasteiger partial charge >= 0.3 is 0 Å². The van der Waals surface area contributed by atoms with Crippen molar-refractivity contribution in [2.24, 2.45) is 0 Å². The summed E-state index contributed by atoms with van der Waals surface area (Å²) in [4.78, 5) is 16.7. The number of nitrogens with one attached hydrogen (secondary N) is 2. The third-order valence-corrected chi connectivity index (χ3v) is 4.78. The number of fused-ring (bicyclic) bond motifs is 1. The molecule has 1 aliphatic rings. The Balaban J connectivity index is 2.01. The fourth-order valence-electron chi connectivity index (χ4n) is 2.71. The third-order valence-electron chi connectivity index (χ3n) is 4.09. The number of hydrogen-bond acceptors (Lipinski definition) is 3. The predicted octanol–water partition coefficient (Wildman–Crippen LogP) is 2.14. The van der Waals surface area contributed by atoms with Crippen molar-refractivity contribution in [3.8, 4) is 0 Å². The maximum atomic E-state index is 12.2. The molecule has 1 aromatic carbocycles. The fourth-order valence-corrected chi connectivity index (χ4v) is 3.21. The normalized spacial score (nSPS) is 18.8. The van der Waals surface area contributed by atoms with Crippen LogP contribution in [0.25, 0.3) is 10.9 Å². The molecule has 0 bridgehead atoms. The van der Waals surface area contributed by atoms with Gasteiger partial charge in [0.15, 0.2) is 5.11 Å².